The second-order valence-corrected chi connectivity index (χ2v) is 4.69. The number of hydrogen-bond acceptors (Lipinski definition) is 3. The van der Waals surface area contributed by atoms with Crippen molar-refractivity contribution < 1.29 is 4.42 Å². The maximum Gasteiger partial charge on any atom is 0.198 e. The molecule has 2 rings (SSSR count). The van der Waals surface area contributed by atoms with E-state index in [1.165, 1.54) is 0 Å². The molecular weight excluding hydrogens is 271 g/mol. The first-order valence-electron chi connectivity index (χ1n) is 5.96. The molecule has 0 aromatic carbocycles. The summed E-state index contributed by atoms with van der Waals surface area (Å²) in [5, 5.41) is 0.808. The standard InChI is InChI=1S/C13H14Cl2N2O/c1-3-5-9-11(14)16-13(17-12(9)15)10-7-6-8(4-2)18-10/h6-7H,3-5H2,1-2H3. The lowest BCUT2D eigenvalue weighted by Gasteiger charge is -2.05. The van der Waals surface area contributed by atoms with Gasteiger partial charge >= 0.3 is 0 Å². The Hall–Kier alpha value is -1.06. The molecule has 5 heteroatoms. The van der Waals surface area contributed by atoms with Gasteiger partial charge in [-0.15, -0.1) is 0 Å². The normalized spacial score (nSPS) is 10.9. The van der Waals surface area contributed by atoms with Gasteiger partial charge in [0.25, 0.3) is 0 Å². The fourth-order valence-corrected chi connectivity index (χ4v) is 2.26. The molecule has 0 fully saturated rings. The largest absolute Gasteiger partial charge is 0.458 e. The molecule has 0 unspecified atom stereocenters. The molecule has 0 aliphatic carbocycles. The Balaban J connectivity index is 2.40. The number of rotatable bonds is 4. The Morgan fingerprint density at radius 3 is 2.28 bits per heavy atom. The van der Waals surface area contributed by atoms with Crippen molar-refractivity contribution >= 4 is 23.2 Å². The van der Waals surface area contributed by atoms with Crippen molar-refractivity contribution in [3.63, 3.8) is 0 Å². The number of halogens is 2. The predicted molar refractivity (Wildman–Crippen MR) is 73.1 cm³/mol. The van der Waals surface area contributed by atoms with Crippen LogP contribution in [-0.4, -0.2) is 9.97 Å². The zero-order chi connectivity index (χ0) is 13.1. The van der Waals surface area contributed by atoms with Crippen LogP contribution in [0.2, 0.25) is 10.3 Å². The quantitative estimate of drug-likeness (QED) is 0.773. The van der Waals surface area contributed by atoms with Gasteiger partial charge in [-0.3, -0.25) is 0 Å². The molecule has 0 atom stereocenters. The first-order chi connectivity index (χ1) is 8.65. The minimum atomic E-state index is 0.404. The average molecular weight is 285 g/mol. The van der Waals surface area contributed by atoms with Gasteiger partial charge in [-0.05, 0) is 18.6 Å². The van der Waals surface area contributed by atoms with Gasteiger partial charge < -0.3 is 4.42 Å². The summed E-state index contributed by atoms with van der Waals surface area (Å²) >= 11 is 12.3. The van der Waals surface area contributed by atoms with Gasteiger partial charge in [0.05, 0.1) is 0 Å². The van der Waals surface area contributed by atoms with Crippen LogP contribution in [0.15, 0.2) is 16.5 Å². The molecule has 0 radical (unpaired) electrons. The van der Waals surface area contributed by atoms with Crippen LogP contribution in [0, 0.1) is 0 Å². The van der Waals surface area contributed by atoms with E-state index in [0.29, 0.717) is 21.9 Å². The first-order valence-corrected chi connectivity index (χ1v) is 6.72. The van der Waals surface area contributed by atoms with Crippen LogP contribution in [-0.2, 0) is 12.8 Å². The minimum Gasteiger partial charge on any atom is -0.458 e. The van der Waals surface area contributed by atoms with Crippen LogP contribution in [0.4, 0.5) is 0 Å². The van der Waals surface area contributed by atoms with Gasteiger partial charge in [0, 0.05) is 12.0 Å². The minimum absolute atomic E-state index is 0.404. The number of nitrogens with zero attached hydrogens (tertiary/aromatic N) is 2. The van der Waals surface area contributed by atoms with Crippen LogP contribution in [0.1, 0.15) is 31.6 Å². The van der Waals surface area contributed by atoms with Crippen molar-refractivity contribution in [1.82, 2.24) is 9.97 Å². The third-order valence-corrected chi connectivity index (χ3v) is 3.26. The Bertz CT molecular complexity index is 529. The third kappa shape index (κ3) is 2.68. The van der Waals surface area contributed by atoms with E-state index >= 15 is 0 Å². The Morgan fingerprint density at radius 1 is 1.11 bits per heavy atom. The second kappa shape index (κ2) is 5.72. The molecule has 96 valence electrons. The fourth-order valence-electron chi connectivity index (χ4n) is 1.69. The van der Waals surface area contributed by atoms with Crippen molar-refractivity contribution in [2.24, 2.45) is 0 Å². The Labute approximate surface area is 116 Å². The molecule has 0 aliphatic rings. The van der Waals surface area contributed by atoms with E-state index in [1.807, 2.05) is 19.1 Å². The maximum absolute atomic E-state index is 6.13. The summed E-state index contributed by atoms with van der Waals surface area (Å²) in [5.41, 5.74) is 0.798. The smallest absolute Gasteiger partial charge is 0.198 e. The van der Waals surface area contributed by atoms with Crippen molar-refractivity contribution in [2.75, 3.05) is 0 Å². The van der Waals surface area contributed by atoms with Gasteiger partial charge in [-0.25, -0.2) is 9.97 Å². The summed E-state index contributed by atoms with van der Waals surface area (Å²) < 4.78 is 5.59. The van der Waals surface area contributed by atoms with E-state index in [1.54, 1.807) is 0 Å². The lowest BCUT2D eigenvalue weighted by Crippen LogP contribution is -1.96. The van der Waals surface area contributed by atoms with Gasteiger partial charge in [0.2, 0.25) is 0 Å². The molecule has 2 aromatic heterocycles. The highest BCUT2D eigenvalue weighted by Gasteiger charge is 2.14. The first kappa shape index (κ1) is 13.4. The molecule has 18 heavy (non-hydrogen) atoms. The van der Waals surface area contributed by atoms with Crippen LogP contribution in [0.3, 0.4) is 0 Å². The summed E-state index contributed by atoms with van der Waals surface area (Å²) in [6.45, 7) is 4.08. The van der Waals surface area contributed by atoms with Gasteiger partial charge in [0.15, 0.2) is 11.6 Å². The highest BCUT2D eigenvalue weighted by Crippen LogP contribution is 2.27. The number of aromatic nitrogens is 2. The van der Waals surface area contributed by atoms with E-state index in [0.717, 1.165) is 30.6 Å². The van der Waals surface area contributed by atoms with E-state index in [4.69, 9.17) is 27.6 Å². The topological polar surface area (TPSA) is 38.9 Å². The molecule has 0 bridgehead atoms. The van der Waals surface area contributed by atoms with E-state index in [-0.39, 0.29) is 0 Å². The molecule has 2 heterocycles. The zero-order valence-corrected chi connectivity index (χ0v) is 11.8. The summed E-state index contributed by atoms with van der Waals surface area (Å²) in [4.78, 5) is 8.49. The van der Waals surface area contributed by atoms with Gasteiger partial charge in [-0.1, -0.05) is 43.5 Å². The highest BCUT2D eigenvalue weighted by atomic mass is 35.5. The maximum atomic E-state index is 6.13. The Morgan fingerprint density at radius 2 is 1.78 bits per heavy atom. The molecule has 2 aromatic rings. The molecule has 0 saturated carbocycles. The summed E-state index contributed by atoms with van der Waals surface area (Å²) in [6, 6.07) is 3.74. The monoisotopic (exact) mass is 284 g/mol. The lowest BCUT2D eigenvalue weighted by atomic mass is 10.2. The van der Waals surface area contributed by atoms with Crippen LogP contribution in [0.25, 0.3) is 11.6 Å². The SMILES string of the molecule is CCCc1c(Cl)nc(-c2ccc(CC)o2)nc1Cl. The van der Waals surface area contributed by atoms with Gasteiger partial charge in [0.1, 0.15) is 16.1 Å². The number of aryl methyl sites for hydroxylation is 1. The molecule has 0 aliphatic heterocycles. The fraction of sp³-hybridized carbons (Fsp3) is 0.385. The van der Waals surface area contributed by atoms with Crippen molar-refractivity contribution in [3.05, 3.63) is 33.8 Å². The van der Waals surface area contributed by atoms with Crippen molar-refractivity contribution in [3.8, 4) is 11.6 Å². The molecular formula is C13H14Cl2N2O. The second-order valence-electron chi connectivity index (χ2n) is 3.98. The molecule has 0 N–H and O–H groups in total. The number of furan rings is 1. The lowest BCUT2D eigenvalue weighted by molar-refractivity contribution is 0.525. The summed E-state index contributed by atoms with van der Waals surface area (Å²) in [5.74, 6) is 1.92. The van der Waals surface area contributed by atoms with Crippen molar-refractivity contribution in [2.45, 2.75) is 33.1 Å². The Kier molecular flexibility index (Phi) is 4.25. The molecule has 0 amide bonds. The molecule has 3 nitrogen and oxygen atoms in total. The highest BCUT2D eigenvalue weighted by molar-refractivity contribution is 6.34. The summed E-state index contributed by atoms with van der Waals surface area (Å²) in [6.07, 6.45) is 2.55. The van der Waals surface area contributed by atoms with Crippen LogP contribution in [0.5, 0.6) is 0 Å². The van der Waals surface area contributed by atoms with Crippen molar-refractivity contribution in [1.29, 1.82) is 0 Å². The van der Waals surface area contributed by atoms with E-state index < -0.39 is 0 Å². The summed E-state index contributed by atoms with van der Waals surface area (Å²) in [7, 11) is 0. The third-order valence-electron chi connectivity index (χ3n) is 2.64. The zero-order valence-electron chi connectivity index (χ0n) is 10.3. The van der Waals surface area contributed by atoms with E-state index in [9.17, 15) is 0 Å². The van der Waals surface area contributed by atoms with Gasteiger partial charge in [-0.2, -0.15) is 0 Å². The predicted octanol–water partition coefficient (Wildman–Crippen LogP) is 4.56. The number of hydrogen-bond donors (Lipinski definition) is 0. The average Bonchev–Trinajstić information content (AvgIpc) is 2.82. The van der Waals surface area contributed by atoms with Crippen LogP contribution < -0.4 is 0 Å². The van der Waals surface area contributed by atoms with E-state index in [2.05, 4.69) is 16.9 Å². The van der Waals surface area contributed by atoms with Crippen LogP contribution >= 0.6 is 23.2 Å². The molecule has 0 saturated heterocycles. The molecule has 0 spiro atoms.